The van der Waals surface area contributed by atoms with Crippen LogP contribution in [-0.2, 0) is 0 Å². The van der Waals surface area contributed by atoms with Crippen molar-refractivity contribution in [2.45, 2.75) is 20.0 Å². The smallest absolute Gasteiger partial charge is 0.283 e. The Labute approximate surface area is 144 Å². The van der Waals surface area contributed by atoms with Gasteiger partial charge in [0.2, 0.25) is 0 Å². The third-order valence-corrected chi connectivity index (χ3v) is 3.64. The number of nitrogens with zero attached hydrogens (tertiary/aromatic N) is 1. The fourth-order valence-corrected chi connectivity index (χ4v) is 2.36. The molecule has 1 amide bonds. The number of carbonyl (C=O) groups is 1. The van der Waals surface area contributed by atoms with E-state index in [0.29, 0.717) is 5.75 Å². The van der Waals surface area contributed by atoms with Gasteiger partial charge in [-0.25, -0.2) is 0 Å². The average Bonchev–Trinajstić information content (AvgIpc) is 2.54. The van der Waals surface area contributed by atoms with Gasteiger partial charge in [0.25, 0.3) is 11.6 Å². The summed E-state index contributed by atoms with van der Waals surface area (Å²) in [5.74, 6) is 0.0812. The lowest BCUT2D eigenvalue weighted by Crippen LogP contribution is -2.34. The van der Waals surface area contributed by atoms with Crippen molar-refractivity contribution in [1.82, 2.24) is 5.32 Å². The molecule has 0 radical (unpaired) electrons. The first-order chi connectivity index (χ1) is 11.4. The summed E-state index contributed by atoms with van der Waals surface area (Å²) < 4.78 is 5.68. The maximum atomic E-state index is 12.2. The molecule has 2 rings (SSSR count). The van der Waals surface area contributed by atoms with Gasteiger partial charge >= 0.3 is 0 Å². The molecule has 0 spiro atoms. The van der Waals surface area contributed by atoms with Crippen LogP contribution in [-0.4, -0.2) is 23.5 Å². The molecule has 0 heterocycles. The van der Waals surface area contributed by atoms with Crippen molar-refractivity contribution in [3.8, 4) is 5.75 Å². The Kier molecular flexibility index (Phi) is 5.76. The Morgan fingerprint density at radius 2 is 1.96 bits per heavy atom. The molecule has 0 saturated heterocycles. The van der Waals surface area contributed by atoms with Crippen LogP contribution in [0, 0.1) is 17.0 Å². The first-order valence-electron chi connectivity index (χ1n) is 7.33. The van der Waals surface area contributed by atoms with Crippen LogP contribution in [0.4, 0.5) is 5.69 Å². The zero-order valence-corrected chi connectivity index (χ0v) is 14.0. The number of benzene rings is 2. The third kappa shape index (κ3) is 4.45. The second kappa shape index (κ2) is 7.79. The maximum Gasteiger partial charge on any atom is 0.283 e. The van der Waals surface area contributed by atoms with Crippen LogP contribution in [0.5, 0.6) is 5.75 Å². The fourth-order valence-electron chi connectivity index (χ4n) is 2.11. The largest absolute Gasteiger partial charge is 0.489 e. The summed E-state index contributed by atoms with van der Waals surface area (Å²) >= 11 is 5.93. The topological polar surface area (TPSA) is 81.5 Å². The molecule has 0 aliphatic heterocycles. The van der Waals surface area contributed by atoms with Crippen molar-refractivity contribution in [3.05, 3.63) is 68.7 Å². The number of halogens is 1. The quantitative estimate of drug-likeness (QED) is 0.636. The predicted octanol–water partition coefficient (Wildman–Crippen LogP) is 3.75. The number of amides is 1. The number of nitrogens with one attached hydrogen (secondary N) is 1. The van der Waals surface area contributed by atoms with Gasteiger partial charge in [-0.05, 0) is 32.0 Å². The monoisotopic (exact) mass is 348 g/mol. The van der Waals surface area contributed by atoms with Crippen LogP contribution in [0.3, 0.4) is 0 Å². The zero-order valence-electron chi connectivity index (χ0n) is 13.3. The molecule has 6 nitrogen and oxygen atoms in total. The second-order valence-electron chi connectivity index (χ2n) is 5.34. The van der Waals surface area contributed by atoms with E-state index in [4.69, 9.17) is 16.3 Å². The van der Waals surface area contributed by atoms with E-state index < -0.39 is 10.8 Å². The highest BCUT2D eigenvalue weighted by Gasteiger charge is 2.23. The molecule has 1 N–H and O–H groups in total. The first kappa shape index (κ1) is 17.7. The Balaban J connectivity index is 2.00. The number of hydrogen-bond donors (Lipinski definition) is 1. The van der Waals surface area contributed by atoms with E-state index in [1.165, 1.54) is 18.2 Å². The van der Waals surface area contributed by atoms with Gasteiger partial charge in [-0.15, -0.1) is 0 Å². The molecule has 126 valence electrons. The third-order valence-electron chi connectivity index (χ3n) is 3.32. The number of ether oxygens (including phenoxy) is 1. The molecular formula is C17H17ClN2O4. The Morgan fingerprint density at radius 3 is 2.58 bits per heavy atom. The number of hydrogen-bond acceptors (Lipinski definition) is 4. The van der Waals surface area contributed by atoms with E-state index in [1.54, 1.807) is 6.92 Å². The van der Waals surface area contributed by atoms with E-state index in [-0.39, 0.29) is 28.9 Å². The van der Waals surface area contributed by atoms with Crippen LogP contribution < -0.4 is 10.1 Å². The lowest BCUT2D eigenvalue weighted by molar-refractivity contribution is -0.385. The molecule has 24 heavy (non-hydrogen) atoms. The fraction of sp³-hybridized carbons (Fsp3) is 0.235. The number of nitro groups is 1. The number of nitro benzene ring substituents is 1. The van der Waals surface area contributed by atoms with Gasteiger partial charge in [-0.2, -0.15) is 0 Å². The molecule has 2 aromatic carbocycles. The molecule has 1 atom stereocenters. The standard InChI is InChI=1S/C17H17ClN2O4/c1-11-6-8-13(9-7-11)24-12(2)10-19-17(21)16-14(18)4-3-5-15(16)20(22)23/h3-9,12H,10H2,1-2H3,(H,19,21). The number of carbonyl (C=O) groups excluding carboxylic acids is 1. The summed E-state index contributed by atoms with van der Waals surface area (Å²) in [5, 5.41) is 13.7. The Bertz CT molecular complexity index is 747. The van der Waals surface area contributed by atoms with Crippen LogP contribution >= 0.6 is 11.6 Å². The highest BCUT2D eigenvalue weighted by molar-refractivity contribution is 6.34. The highest BCUT2D eigenvalue weighted by atomic mass is 35.5. The van der Waals surface area contributed by atoms with Crippen molar-refractivity contribution in [2.75, 3.05) is 6.54 Å². The van der Waals surface area contributed by atoms with Gasteiger partial charge in [0.1, 0.15) is 17.4 Å². The normalized spacial score (nSPS) is 11.6. The van der Waals surface area contributed by atoms with Crippen LogP contribution in [0.25, 0.3) is 0 Å². The van der Waals surface area contributed by atoms with E-state index in [9.17, 15) is 14.9 Å². The molecule has 0 aliphatic rings. The summed E-state index contributed by atoms with van der Waals surface area (Å²) in [5.41, 5.74) is 0.646. The van der Waals surface area contributed by atoms with Crippen LogP contribution in [0.15, 0.2) is 42.5 Å². The molecule has 1 unspecified atom stereocenters. The minimum atomic E-state index is -0.632. The molecule has 0 bridgehead atoms. The average molecular weight is 349 g/mol. The molecule has 0 aliphatic carbocycles. The number of rotatable bonds is 6. The summed E-state index contributed by atoms with van der Waals surface area (Å²) in [6, 6.07) is 11.6. The van der Waals surface area contributed by atoms with Crippen LogP contribution in [0.2, 0.25) is 5.02 Å². The van der Waals surface area contributed by atoms with Gasteiger partial charge < -0.3 is 10.1 Å². The summed E-state index contributed by atoms with van der Waals surface area (Å²) in [4.78, 5) is 22.6. The van der Waals surface area contributed by atoms with Crippen molar-refractivity contribution < 1.29 is 14.5 Å². The van der Waals surface area contributed by atoms with Crippen LogP contribution in [0.1, 0.15) is 22.8 Å². The summed E-state index contributed by atoms with van der Waals surface area (Å²) in [6.45, 7) is 3.96. The molecular weight excluding hydrogens is 332 g/mol. The summed E-state index contributed by atoms with van der Waals surface area (Å²) in [6.07, 6.45) is -0.307. The molecule has 0 saturated carbocycles. The van der Waals surface area contributed by atoms with Crippen molar-refractivity contribution in [3.63, 3.8) is 0 Å². The predicted molar refractivity (Wildman–Crippen MR) is 91.7 cm³/mol. The van der Waals surface area contributed by atoms with Gasteiger partial charge in [0.15, 0.2) is 0 Å². The maximum absolute atomic E-state index is 12.2. The van der Waals surface area contributed by atoms with Gasteiger partial charge in [-0.3, -0.25) is 14.9 Å². The van der Waals surface area contributed by atoms with E-state index in [2.05, 4.69) is 5.32 Å². The van der Waals surface area contributed by atoms with Gasteiger partial charge in [0.05, 0.1) is 16.5 Å². The first-order valence-corrected chi connectivity index (χ1v) is 7.70. The van der Waals surface area contributed by atoms with Crippen molar-refractivity contribution in [1.29, 1.82) is 0 Å². The minimum absolute atomic E-state index is 0.0359. The SMILES string of the molecule is Cc1ccc(OC(C)CNC(=O)c2c(Cl)cccc2[N+](=O)[O-])cc1. The number of aryl methyl sites for hydroxylation is 1. The van der Waals surface area contributed by atoms with E-state index in [1.807, 2.05) is 31.2 Å². The second-order valence-corrected chi connectivity index (χ2v) is 5.75. The molecule has 0 aromatic heterocycles. The van der Waals surface area contributed by atoms with Crippen molar-refractivity contribution in [2.24, 2.45) is 0 Å². The summed E-state index contributed by atoms with van der Waals surface area (Å²) in [7, 11) is 0. The van der Waals surface area contributed by atoms with E-state index in [0.717, 1.165) is 5.56 Å². The van der Waals surface area contributed by atoms with Gasteiger partial charge in [0, 0.05) is 6.07 Å². The lowest BCUT2D eigenvalue weighted by atomic mass is 10.1. The Morgan fingerprint density at radius 1 is 1.29 bits per heavy atom. The van der Waals surface area contributed by atoms with Gasteiger partial charge in [-0.1, -0.05) is 35.4 Å². The zero-order chi connectivity index (χ0) is 17.7. The van der Waals surface area contributed by atoms with E-state index >= 15 is 0 Å². The molecule has 0 fully saturated rings. The highest BCUT2D eigenvalue weighted by Crippen LogP contribution is 2.26. The lowest BCUT2D eigenvalue weighted by Gasteiger charge is -2.16. The molecule has 7 heteroatoms. The van der Waals surface area contributed by atoms with Crippen molar-refractivity contribution >= 4 is 23.2 Å². The minimum Gasteiger partial charge on any atom is -0.489 e. The Hall–Kier alpha value is -2.60. The molecule has 2 aromatic rings.